The monoisotopic (exact) mass is 314 g/mol. The van der Waals surface area contributed by atoms with Gasteiger partial charge in [-0.25, -0.2) is 18.1 Å². The Bertz CT molecular complexity index is 530. The van der Waals surface area contributed by atoms with Gasteiger partial charge in [0.15, 0.2) is 0 Å². The molecule has 0 amide bonds. The van der Waals surface area contributed by atoms with E-state index in [0.29, 0.717) is 18.9 Å². The zero-order chi connectivity index (χ0) is 15.9. The zero-order valence-corrected chi connectivity index (χ0v) is 14.1. The molecule has 0 aliphatic heterocycles. The van der Waals surface area contributed by atoms with E-state index in [-0.39, 0.29) is 10.9 Å². The van der Waals surface area contributed by atoms with Crippen LogP contribution in [0.1, 0.15) is 27.7 Å². The molecule has 0 bridgehead atoms. The van der Waals surface area contributed by atoms with E-state index in [1.54, 1.807) is 18.3 Å². The molecule has 0 fully saturated rings. The molecule has 1 heterocycles. The van der Waals surface area contributed by atoms with E-state index in [1.165, 1.54) is 0 Å². The summed E-state index contributed by atoms with van der Waals surface area (Å²) in [4.78, 5) is 6.47. The first-order valence-electron chi connectivity index (χ1n) is 7.38. The average molecular weight is 314 g/mol. The van der Waals surface area contributed by atoms with Crippen LogP contribution in [0.25, 0.3) is 0 Å². The van der Waals surface area contributed by atoms with Crippen molar-refractivity contribution in [1.82, 2.24) is 14.6 Å². The predicted octanol–water partition coefficient (Wildman–Crippen LogP) is 1.52. The van der Waals surface area contributed by atoms with Crippen LogP contribution >= 0.6 is 0 Å². The summed E-state index contributed by atoms with van der Waals surface area (Å²) in [6, 6.07) is 3.03. The van der Waals surface area contributed by atoms with Crippen LogP contribution in [-0.4, -0.2) is 50.5 Å². The summed E-state index contributed by atoms with van der Waals surface area (Å²) in [5.74, 6) is 0.391. The third-order valence-corrected chi connectivity index (χ3v) is 4.81. The maximum atomic E-state index is 12.5. The molecular weight excluding hydrogens is 288 g/mol. The van der Waals surface area contributed by atoms with Crippen LogP contribution in [0.2, 0.25) is 0 Å². The number of hydrogen-bond acceptors (Lipinski definition) is 5. The minimum absolute atomic E-state index is 0.162. The Kier molecular flexibility index (Phi) is 7.07. The van der Waals surface area contributed by atoms with Crippen LogP contribution in [0.15, 0.2) is 23.2 Å². The van der Waals surface area contributed by atoms with Gasteiger partial charge in [-0.05, 0) is 39.1 Å². The predicted molar refractivity (Wildman–Crippen MR) is 86.0 cm³/mol. The van der Waals surface area contributed by atoms with Gasteiger partial charge in [0, 0.05) is 25.3 Å². The minimum atomic E-state index is -3.58. The highest BCUT2D eigenvalue weighted by Crippen LogP contribution is 2.18. The van der Waals surface area contributed by atoms with Crippen molar-refractivity contribution in [2.75, 3.05) is 31.5 Å². The molecule has 21 heavy (non-hydrogen) atoms. The van der Waals surface area contributed by atoms with Gasteiger partial charge < -0.3 is 10.2 Å². The first kappa shape index (κ1) is 17.9. The van der Waals surface area contributed by atoms with E-state index in [9.17, 15) is 8.42 Å². The summed E-state index contributed by atoms with van der Waals surface area (Å²) in [6.45, 7) is 11.0. The number of anilines is 1. The molecule has 0 radical (unpaired) electrons. The molecule has 1 aromatic rings. The van der Waals surface area contributed by atoms with Crippen LogP contribution in [0.5, 0.6) is 0 Å². The second-order valence-electron chi connectivity index (χ2n) is 4.89. The van der Waals surface area contributed by atoms with E-state index in [0.717, 1.165) is 13.1 Å². The molecule has 6 nitrogen and oxygen atoms in total. The molecule has 0 aromatic carbocycles. The third-order valence-electron chi connectivity index (χ3n) is 3.19. The number of nitrogens with zero attached hydrogens (tertiary/aromatic N) is 2. The number of aromatic nitrogens is 1. The lowest BCUT2D eigenvalue weighted by Crippen LogP contribution is -2.42. The number of pyridine rings is 1. The van der Waals surface area contributed by atoms with Crippen molar-refractivity contribution >= 4 is 15.8 Å². The smallest absolute Gasteiger partial charge is 0.244 e. The Labute approximate surface area is 128 Å². The van der Waals surface area contributed by atoms with Crippen LogP contribution in [0, 0.1) is 0 Å². The minimum Gasteiger partial charge on any atom is -0.369 e. The van der Waals surface area contributed by atoms with Crippen LogP contribution < -0.4 is 10.0 Å². The summed E-state index contributed by atoms with van der Waals surface area (Å²) in [6.07, 6.45) is 1.58. The molecule has 7 heteroatoms. The summed E-state index contributed by atoms with van der Waals surface area (Å²) in [5.41, 5.74) is 0. The summed E-state index contributed by atoms with van der Waals surface area (Å²) in [5, 5.41) is 2.98. The quantitative estimate of drug-likeness (QED) is 0.723. The molecule has 1 atom stereocenters. The highest BCUT2D eigenvalue weighted by molar-refractivity contribution is 7.89. The summed E-state index contributed by atoms with van der Waals surface area (Å²) >= 11 is 0. The Hall–Kier alpha value is -1.18. The summed E-state index contributed by atoms with van der Waals surface area (Å²) in [7, 11) is -3.58. The highest BCUT2D eigenvalue weighted by atomic mass is 32.2. The first-order valence-corrected chi connectivity index (χ1v) is 8.86. The zero-order valence-electron chi connectivity index (χ0n) is 13.3. The molecule has 2 N–H and O–H groups in total. The van der Waals surface area contributed by atoms with E-state index in [1.807, 2.05) is 13.8 Å². The summed E-state index contributed by atoms with van der Waals surface area (Å²) < 4.78 is 27.7. The van der Waals surface area contributed by atoms with Crippen molar-refractivity contribution in [3.63, 3.8) is 0 Å². The van der Waals surface area contributed by atoms with Crippen molar-refractivity contribution in [2.24, 2.45) is 0 Å². The van der Waals surface area contributed by atoms with Gasteiger partial charge in [-0.15, -0.1) is 0 Å². The first-order chi connectivity index (χ1) is 9.94. The van der Waals surface area contributed by atoms with Gasteiger partial charge in [-0.2, -0.15) is 0 Å². The van der Waals surface area contributed by atoms with Gasteiger partial charge in [0.2, 0.25) is 10.0 Å². The van der Waals surface area contributed by atoms with Crippen molar-refractivity contribution in [2.45, 2.75) is 38.6 Å². The van der Waals surface area contributed by atoms with Gasteiger partial charge in [0.25, 0.3) is 0 Å². The van der Waals surface area contributed by atoms with E-state index in [4.69, 9.17) is 0 Å². The van der Waals surface area contributed by atoms with Crippen molar-refractivity contribution < 1.29 is 8.42 Å². The van der Waals surface area contributed by atoms with Crippen LogP contribution in [-0.2, 0) is 10.0 Å². The van der Waals surface area contributed by atoms with Crippen molar-refractivity contribution in [3.8, 4) is 0 Å². The van der Waals surface area contributed by atoms with Gasteiger partial charge in [-0.3, -0.25) is 0 Å². The molecule has 120 valence electrons. The molecule has 1 rings (SSSR count). The number of sulfonamides is 1. The lowest BCUT2D eigenvalue weighted by Gasteiger charge is -2.23. The number of likely N-dealkylation sites (N-methyl/N-ethyl adjacent to an activating group) is 1. The van der Waals surface area contributed by atoms with Gasteiger partial charge >= 0.3 is 0 Å². The lowest BCUT2D eigenvalue weighted by atomic mass is 10.3. The molecule has 1 aromatic heterocycles. The van der Waals surface area contributed by atoms with Gasteiger partial charge in [0.05, 0.1) is 0 Å². The molecule has 0 saturated carbocycles. The van der Waals surface area contributed by atoms with Gasteiger partial charge in [0.1, 0.15) is 10.7 Å². The standard InChI is InChI=1S/C14H26N4O2S/c1-5-15-14-13(9-8-10-16-14)21(19,20)17-12(4)11-18(6-2)7-3/h8-10,12,17H,5-7,11H2,1-4H3,(H,15,16). The van der Waals surface area contributed by atoms with Crippen molar-refractivity contribution in [1.29, 1.82) is 0 Å². The maximum Gasteiger partial charge on any atom is 0.244 e. The average Bonchev–Trinajstić information content (AvgIpc) is 2.45. The maximum absolute atomic E-state index is 12.5. The van der Waals surface area contributed by atoms with Crippen molar-refractivity contribution in [3.05, 3.63) is 18.3 Å². The van der Waals surface area contributed by atoms with Crippen LogP contribution in [0.3, 0.4) is 0 Å². The largest absolute Gasteiger partial charge is 0.369 e. The highest BCUT2D eigenvalue weighted by Gasteiger charge is 2.22. The number of rotatable bonds is 9. The number of hydrogen-bond donors (Lipinski definition) is 2. The second kappa shape index (κ2) is 8.31. The van der Waals surface area contributed by atoms with Crippen LogP contribution in [0.4, 0.5) is 5.82 Å². The third kappa shape index (κ3) is 5.26. The molecule has 0 aliphatic rings. The number of nitrogens with one attached hydrogen (secondary N) is 2. The lowest BCUT2D eigenvalue weighted by molar-refractivity contribution is 0.282. The fourth-order valence-corrected chi connectivity index (χ4v) is 3.51. The topological polar surface area (TPSA) is 74.3 Å². The Morgan fingerprint density at radius 3 is 2.52 bits per heavy atom. The second-order valence-corrected chi connectivity index (χ2v) is 6.57. The van der Waals surface area contributed by atoms with E-state index < -0.39 is 10.0 Å². The normalized spacial score (nSPS) is 13.4. The van der Waals surface area contributed by atoms with E-state index >= 15 is 0 Å². The van der Waals surface area contributed by atoms with E-state index in [2.05, 4.69) is 33.8 Å². The SMILES string of the molecule is CCNc1ncccc1S(=O)(=O)NC(C)CN(CC)CC. The Balaban J connectivity index is 2.86. The Morgan fingerprint density at radius 1 is 1.29 bits per heavy atom. The molecule has 1 unspecified atom stereocenters. The fourth-order valence-electron chi connectivity index (χ4n) is 2.14. The molecule has 0 spiro atoms. The van der Waals surface area contributed by atoms with Gasteiger partial charge in [-0.1, -0.05) is 13.8 Å². The molecule has 0 aliphatic carbocycles. The molecule has 0 saturated heterocycles. The Morgan fingerprint density at radius 2 is 1.95 bits per heavy atom. The molecular formula is C14H26N4O2S. The fraction of sp³-hybridized carbons (Fsp3) is 0.643.